The minimum atomic E-state index is -0.186. The van der Waals surface area contributed by atoms with Gasteiger partial charge < -0.3 is 15.4 Å². The minimum Gasteiger partial charge on any atom is -0.369 e. The van der Waals surface area contributed by atoms with Gasteiger partial charge in [-0.15, -0.1) is 11.3 Å². The van der Waals surface area contributed by atoms with Gasteiger partial charge in [-0.25, -0.2) is 4.98 Å². The molecule has 0 radical (unpaired) electrons. The second-order valence-corrected chi connectivity index (χ2v) is 7.28. The maximum absolute atomic E-state index is 5.96. The first-order valence-electron chi connectivity index (χ1n) is 6.80. The molecule has 1 aliphatic heterocycles. The first-order chi connectivity index (χ1) is 9.34. The van der Waals surface area contributed by atoms with E-state index in [-0.39, 0.29) is 11.7 Å². The van der Waals surface area contributed by atoms with Crippen LogP contribution in [0.25, 0.3) is 10.2 Å². The number of nitrogens with two attached hydrogens (primary N) is 1. The van der Waals surface area contributed by atoms with E-state index in [1.807, 2.05) is 0 Å². The van der Waals surface area contributed by atoms with Crippen LogP contribution in [0, 0.1) is 6.92 Å². The summed E-state index contributed by atoms with van der Waals surface area (Å²) in [6, 6.07) is 2.14. The molecule has 1 unspecified atom stereocenters. The zero-order chi connectivity index (χ0) is 14.5. The smallest absolute Gasteiger partial charge is 0.223 e. The number of fused-ring (bicyclic) bond motifs is 1. The second kappa shape index (κ2) is 4.56. The van der Waals surface area contributed by atoms with Crippen LogP contribution in [0.2, 0.25) is 0 Å². The van der Waals surface area contributed by atoms with Crippen molar-refractivity contribution in [3.8, 4) is 0 Å². The summed E-state index contributed by atoms with van der Waals surface area (Å²) < 4.78 is 5.96. The number of morpholine rings is 1. The predicted octanol–water partition coefficient (Wildman–Crippen LogP) is 2.59. The van der Waals surface area contributed by atoms with E-state index in [9.17, 15) is 0 Å². The van der Waals surface area contributed by atoms with Gasteiger partial charge >= 0.3 is 0 Å². The highest BCUT2D eigenvalue weighted by Crippen LogP contribution is 2.34. The Morgan fingerprint density at radius 1 is 1.45 bits per heavy atom. The van der Waals surface area contributed by atoms with Crippen molar-refractivity contribution in [2.24, 2.45) is 0 Å². The third-order valence-electron chi connectivity index (χ3n) is 3.38. The van der Waals surface area contributed by atoms with Crippen LogP contribution in [-0.4, -0.2) is 34.8 Å². The average Bonchev–Trinajstić information content (AvgIpc) is 2.65. The van der Waals surface area contributed by atoms with Gasteiger partial charge in [-0.1, -0.05) is 0 Å². The maximum Gasteiger partial charge on any atom is 0.223 e. The van der Waals surface area contributed by atoms with Gasteiger partial charge in [0, 0.05) is 18.0 Å². The van der Waals surface area contributed by atoms with Crippen LogP contribution >= 0.6 is 11.3 Å². The van der Waals surface area contributed by atoms with E-state index in [0.717, 1.165) is 29.1 Å². The van der Waals surface area contributed by atoms with Crippen LogP contribution in [0.3, 0.4) is 0 Å². The number of anilines is 2. The van der Waals surface area contributed by atoms with E-state index in [0.29, 0.717) is 5.95 Å². The molecule has 1 fully saturated rings. The number of thiophene rings is 1. The quantitative estimate of drug-likeness (QED) is 0.875. The molecule has 108 valence electrons. The molecule has 0 bridgehead atoms. The Kier molecular flexibility index (Phi) is 3.10. The van der Waals surface area contributed by atoms with Gasteiger partial charge in [-0.05, 0) is 33.8 Å². The van der Waals surface area contributed by atoms with Crippen molar-refractivity contribution < 1.29 is 4.74 Å². The SMILES string of the molecule is Cc1cc2c(N3CC(C)OC(C)(C)C3)nc(N)nc2s1. The van der Waals surface area contributed by atoms with Gasteiger partial charge in [0.05, 0.1) is 17.1 Å². The van der Waals surface area contributed by atoms with Crippen LogP contribution in [0.4, 0.5) is 11.8 Å². The number of ether oxygens (including phenoxy) is 1. The maximum atomic E-state index is 5.96. The molecule has 20 heavy (non-hydrogen) atoms. The van der Waals surface area contributed by atoms with Crippen molar-refractivity contribution in [2.75, 3.05) is 23.7 Å². The molecule has 2 N–H and O–H groups in total. The zero-order valence-electron chi connectivity index (χ0n) is 12.3. The van der Waals surface area contributed by atoms with E-state index in [1.165, 1.54) is 4.88 Å². The van der Waals surface area contributed by atoms with Crippen molar-refractivity contribution in [3.05, 3.63) is 10.9 Å². The molecule has 6 heteroatoms. The normalized spacial score (nSPS) is 22.4. The molecule has 0 spiro atoms. The Labute approximate surface area is 122 Å². The van der Waals surface area contributed by atoms with Crippen molar-refractivity contribution in [1.82, 2.24) is 9.97 Å². The number of hydrogen-bond donors (Lipinski definition) is 1. The fourth-order valence-corrected chi connectivity index (χ4v) is 3.78. The monoisotopic (exact) mass is 292 g/mol. The fraction of sp³-hybridized carbons (Fsp3) is 0.571. The van der Waals surface area contributed by atoms with E-state index in [2.05, 4.69) is 48.6 Å². The fourth-order valence-electron chi connectivity index (χ4n) is 2.90. The molecular formula is C14H20N4OS. The topological polar surface area (TPSA) is 64.3 Å². The lowest BCUT2D eigenvalue weighted by Crippen LogP contribution is -2.52. The molecule has 0 aliphatic carbocycles. The third kappa shape index (κ3) is 2.45. The van der Waals surface area contributed by atoms with Crippen molar-refractivity contribution in [3.63, 3.8) is 0 Å². The van der Waals surface area contributed by atoms with Gasteiger partial charge in [-0.2, -0.15) is 4.98 Å². The summed E-state index contributed by atoms with van der Waals surface area (Å²) in [4.78, 5) is 13.3. The molecule has 0 amide bonds. The Morgan fingerprint density at radius 2 is 2.20 bits per heavy atom. The Morgan fingerprint density at radius 3 is 2.90 bits per heavy atom. The summed E-state index contributed by atoms with van der Waals surface area (Å²) in [6.07, 6.45) is 0.171. The van der Waals surface area contributed by atoms with Crippen molar-refractivity contribution >= 4 is 33.3 Å². The van der Waals surface area contributed by atoms with Crippen LogP contribution < -0.4 is 10.6 Å². The summed E-state index contributed by atoms with van der Waals surface area (Å²) in [5.41, 5.74) is 5.68. The Hall–Kier alpha value is -1.40. The largest absolute Gasteiger partial charge is 0.369 e. The summed E-state index contributed by atoms with van der Waals surface area (Å²) >= 11 is 1.66. The van der Waals surface area contributed by atoms with Gasteiger partial charge in [0.1, 0.15) is 10.6 Å². The molecule has 2 aromatic heterocycles. The molecule has 1 aliphatic rings. The summed E-state index contributed by atoms with van der Waals surface area (Å²) in [6.45, 7) is 10.0. The average molecular weight is 292 g/mol. The molecule has 1 atom stereocenters. The summed E-state index contributed by atoms with van der Waals surface area (Å²) in [5, 5.41) is 1.09. The number of nitrogens with zero attached hydrogens (tertiary/aromatic N) is 3. The van der Waals surface area contributed by atoms with Gasteiger partial charge in [0.2, 0.25) is 5.95 Å². The minimum absolute atomic E-state index is 0.171. The second-order valence-electron chi connectivity index (χ2n) is 6.05. The molecule has 3 heterocycles. The highest BCUT2D eigenvalue weighted by molar-refractivity contribution is 7.18. The molecule has 5 nitrogen and oxygen atoms in total. The molecule has 2 aromatic rings. The van der Waals surface area contributed by atoms with Crippen LogP contribution in [0.5, 0.6) is 0 Å². The number of rotatable bonds is 1. The number of nitrogen functional groups attached to an aromatic ring is 1. The van der Waals surface area contributed by atoms with E-state index in [4.69, 9.17) is 10.5 Å². The Bertz CT molecular complexity index is 652. The zero-order valence-corrected chi connectivity index (χ0v) is 13.1. The Balaban J connectivity index is 2.09. The van der Waals surface area contributed by atoms with Gasteiger partial charge in [0.15, 0.2) is 0 Å². The van der Waals surface area contributed by atoms with Gasteiger partial charge in [0.25, 0.3) is 0 Å². The van der Waals surface area contributed by atoms with E-state index < -0.39 is 0 Å². The first kappa shape index (κ1) is 13.6. The highest BCUT2D eigenvalue weighted by Gasteiger charge is 2.33. The van der Waals surface area contributed by atoms with E-state index in [1.54, 1.807) is 11.3 Å². The molecule has 1 saturated heterocycles. The molecule has 3 rings (SSSR count). The molecule has 0 aromatic carbocycles. The van der Waals surface area contributed by atoms with Gasteiger partial charge in [-0.3, -0.25) is 0 Å². The van der Waals surface area contributed by atoms with Crippen LogP contribution in [0.1, 0.15) is 25.6 Å². The van der Waals surface area contributed by atoms with Crippen molar-refractivity contribution in [1.29, 1.82) is 0 Å². The van der Waals surface area contributed by atoms with Crippen molar-refractivity contribution in [2.45, 2.75) is 39.4 Å². The summed E-state index contributed by atoms with van der Waals surface area (Å²) in [7, 11) is 0. The standard InChI is InChI=1S/C14H20N4OS/c1-8-6-18(7-14(3,4)19-8)11-10-5-9(2)20-12(10)17-13(15)16-11/h5,8H,6-7H2,1-4H3,(H2,15,16,17). The van der Waals surface area contributed by atoms with E-state index >= 15 is 0 Å². The molecule has 0 saturated carbocycles. The number of hydrogen-bond acceptors (Lipinski definition) is 6. The number of aromatic nitrogens is 2. The van der Waals surface area contributed by atoms with Crippen LogP contribution in [0.15, 0.2) is 6.07 Å². The first-order valence-corrected chi connectivity index (χ1v) is 7.62. The summed E-state index contributed by atoms with van der Waals surface area (Å²) in [5.74, 6) is 1.27. The number of aryl methyl sites for hydroxylation is 1. The lowest BCUT2D eigenvalue weighted by molar-refractivity contribution is -0.0750. The lowest BCUT2D eigenvalue weighted by Gasteiger charge is -2.42. The van der Waals surface area contributed by atoms with Crippen LogP contribution in [-0.2, 0) is 4.74 Å². The lowest BCUT2D eigenvalue weighted by atomic mass is 10.1. The third-order valence-corrected chi connectivity index (χ3v) is 4.33. The predicted molar refractivity (Wildman–Crippen MR) is 83.4 cm³/mol. The highest BCUT2D eigenvalue weighted by atomic mass is 32.1. The molecular weight excluding hydrogens is 272 g/mol.